The number of hydrogen-bond donors (Lipinski definition) is 1. The van der Waals surface area contributed by atoms with Crippen LogP contribution in [0.1, 0.15) is 55.2 Å². The van der Waals surface area contributed by atoms with E-state index < -0.39 is 0 Å². The van der Waals surface area contributed by atoms with E-state index in [1.807, 2.05) is 11.3 Å². The molecular weight excluding hydrogens is 274 g/mol. The minimum atomic E-state index is 0.492. The van der Waals surface area contributed by atoms with Crippen LogP contribution in [0.2, 0.25) is 0 Å². The second-order valence-electron chi connectivity index (χ2n) is 5.58. The van der Waals surface area contributed by atoms with E-state index in [0.717, 1.165) is 6.54 Å². The molecule has 0 amide bonds. The van der Waals surface area contributed by atoms with Gasteiger partial charge in [0.2, 0.25) is 0 Å². The number of thiophene rings is 1. The maximum absolute atomic E-state index is 3.65. The van der Waals surface area contributed by atoms with Crippen LogP contribution in [0, 0.1) is 0 Å². The van der Waals surface area contributed by atoms with Crippen molar-refractivity contribution < 1.29 is 0 Å². The van der Waals surface area contributed by atoms with Crippen molar-refractivity contribution in [3.8, 4) is 0 Å². The van der Waals surface area contributed by atoms with Gasteiger partial charge in [0.05, 0.1) is 0 Å². The Morgan fingerprint density at radius 3 is 2.71 bits per heavy atom. The van der Waals surface area contributed by atoms with E-state index >= 15 is 0 Å². The average Bonchev–Trinajstić information content (AvgIpc) is 3.00. The van der Waals surface area contributed by atoms with E-state index in [1.54, 1.807) is 0 Å². The normalized spacial score (nSPS) is 12.5. The van der Waals surface area contributed by atoms with Crippen molar-refractivity contribution in [2.24, 2.45) is 0 Å². The molecule has 0 aliphatic carbocycles. The van der Waals surface area contributed by atoms with Crippen LogP contribution in [0.5, 0.6) is 0 Å². The Kier molecular flexibility index (Phi) is 6.98. The second kappa shape index (κ2) is 9.01. The fourth-order valence-corrected chi connectivity index (χ4v) is 3.57. The molecular formula is C19H27NS. The largest absolute Gasteiger partial charge is 0.310 e. The smallest absolute Gasteiger partial charge is 0.0320 e. The van der Waals surface area contributed by atoms with Crippen LogP contribution in [0.4, 0.5) is 0 Å². The van der Waals surface area contributed by atoms with Gasteiger partial charge in [-0.1, -0.05) is 50.6 Å². The summed E-state index contributed by atoms with van der Waals surface area (Å²) in [5.74, 6) is 0. The number of nitrogens with one attached hydrogen (secondary N) is 1. The quantitative estimate of drug-likeness (QED) is 0.656. The molecule has 1 aromatic heterocycles. The Bertz CT molecular complexity index is 504. The lowest BCUT2D eigenvalue weighted by Crippen LogP contribution is -2.21. The lowest BCUT2D eigenvalue weighted by Gasteiger charge is -2.19. The fourth-order valence-electron chi connectivity index (χ4n) is 2.82. The van der Waals surface area contributed by atoms with Gasteiger partial charge >= 0.3 is 0 Å². The van der Waals surface area contributed by atoms with Gasteiger partial charge in [0.1, 0.15) is 0 Å². The monoisotopic (exact) mass is 301 g/mol. The average molecular weight is 301 g/mol. The van der Waals surface area contributed by atoms with Gasteiger partial charge in [-0.2, -0.15) is 0 Å². The van der Waals surface area contributed by atoms with E-state index in [0.29, 0.717) is 6.04 Å². The molecule has 0 bridgehead atoms. The van der Waals surface area contributed by atoms with Crippen molar-refractivity contribution in [2.45, 2.75) is 52.0 Å². The molecule has 0 fully saturated rings. The number of hydrogen-bond acceptors (Lipinski definition) is 2. The molecule has 0 saturated heterocycles. The highest BCUT2D eigenvalue weighted by Crippen LogP contribution is 2.22. The molecule has 2 rings (SSSR count). The lowest BCUT2D eigenvalue weighted by molar-refractivity contribution is 0.498. The van der Waals surface area contributed by atoms with Crippen molar-refractivity contribution in [3.05, 3.63) is 57.8 Å². The Labute approximate surface area is 133 Å². The first kappa shape index (κ1) is 16.3. The SMILES string of the molecule is CCCc1cccc(C(CCCc2cccs2)NCC)c1. The minimum absolute atomic E-state index is 0.492. The first-order valence-corrected chi connectivity index (χ1v) is 9.06. The van der Waals surface area contributed by atoms with E-state index in [2.05, 4.69) is 60.9 Å². The Hall–Kier alpha value is -1.12. The summed E-state index contributed by atoms with van der Waals surface area (Å²) in [6, 6.07) is 14.0. The highest BCUT2D eigenvalue weighted by Gasteiger charge is 2.10. The molecule has 2 heteroatoms. The van der Waals surface area contributed by atoms with Crippen LogP contribution in [0.3, 0.4) is 0 Å². The van der Waals surface area contributed by atoms with Crippen LogP contribution in [0.15, 0.2) is 41.8 Å². The lowest BCUT2D eigenvalue weighted by atomic mass is 9.97. The molecule has 0 saturated carbocycles. The Morgan fingerprint density at radius 1 is 1.10 bits per heavy atom. The third-order valence-electron chi connectivity index (χ3n) is 3.84. The fraction of sp³-hybridized carbons (Fsp3) is 0.474. The molecule has 21 heavy (non-hydrogen) atoms. The zero-order valence-corrected chi connectivity index (χ0v) is 14.1. The van der Waals surface area contributed by atoms with Crippen molar-refractivity contribution in [1.29, 1.82) is 0 Å². The van der Waals surface area contributed by atoms with Crippen molar-refractivity contribution in [3.63, 3.8) is 0 Å². The van der Waals surface area contributed by atoms with Gasteiger partial charge in [0, 0.05) is 10.9 Å². The number of rotatable bonds is 9. The van der Waals surface area contributed by atoms with Crippen LogP contribution in [-0.2, 0) is 12.8 Å². The number of aryl methyl sites for hydroxylation is 2. The van der Waals surface area contributed by atoms with Crippen molar-refractivity contribution >= 4 is 11.3 Å². The van der Waals surface area contributed by atoms with Gasteiger partial charge in [-0.25, -0.2) is 0 Å². The Balaban J connectivity index is 1.95. The third-order valence-corrected chi connectivity index (χ3v) is 4.77. The third kappa shape index (κ3) is 5.29. The van der Waals surface area contributed by atoms with Crippen molar-refractivity contribution in [2.75, 3.05) is 6.54 Å². The van der Waals surface area contributed by atoms with Crippen LogP contribution in [0.25, 0.3) is 0 Å². The van der Waals surface area contributed by atoms with Crippen LogP contribution >= 0.6 is 11.3 Å². The summed E-state index contributed by atoms with van der Waals surface area (Å²) in [6.45, 7) is 5.47. The molecule has 114 valence electrons. The standard InChI is InChI=1S/C19H27NS/c1-3-8-16-9-5-10-17(15-16)19(20-4-2)13-6-11-18-12-7-14-21-18/h5,7,9-10,12,14-15,19-20H,3-4,6,8,11,13H2,1-2H3. The topological polar surface area (TPSA) is 12.0 Å². The highest BCUT2D eigenvalue weighted by molar-refractivity contribution is 7.09. The Morgan fingerprint density at radius 2 is 2.00 bits per heavy atom. The minimum Gasteiger partial charge on any atom is -0.310 e. The van der Waals surface area contributed by atoms with Gasteiger partial charge in [0.15, 0.2) is 0 Å². The van der Waals surface area contributed by atoms with E-state index in [9.17, 15) is 0 Å². The molecule has 1 nitrogen and oxygen atoms in total. The summed E-state index contributed by atoms with van der Waals surface area (Å²) in [6.07, 6.45) is 6.06. The maximum Gasteiger partial charge on any atom is 0.0320 e. The first-order chi connectivity index (χ1) is 10.3. The summed E-state index contributed by atoms with van der Waals surface area (Å²) in [5, 5.41) is 5.82. The summed E-state index contributed by atoms with van der Waals surface area (Å²) >= 11 is 1.87. The van der Waals surface area contributed by atoms with Gasteiger partial charge in [-0.3, -0.25) is 0 Å². The predicted molar refractivity (Wildman–Crippen MR) is 94.1 cm³/mol. The molecule has 1 unspecified atom stereocenters. The second-order valence-corrected chi connectivity index (χ2v) is 6.61. The summed E-state index contributed by atoms with van der Waals surface area (Å²) < 4.78 is 0. The van der Waals surface area contributed by atoms with Gasteiger partial charge in [0.25, 0.3) is 0 Å². The molecule has 1 N–H and O–H groups in total. The molecule has 0 aliphatic heterocycles. The number of benzene rings is 1. The van der Waals surface area contributed by atoms with E-state index in [4.69, 9.17) is 0 Å². The molecule has 0 radical (unpaired) electrons. The highest BCUT2D eigenvalue weighted by atomic mass is 32.1. The molecule has 0 aliphatic rings. The van der Waals surface area contributed by atoms with Crippen molar-refractivity contribution in [1.82, 2.24) is 5.32 Å². The van der Waals surface area contributed by atoms with E-state index in [1.165, 1.54) is 48.1 Å². The van der Waals surface area contributed by atoms with E-state index in [-0.39, 0.29) is 0 Å². The predicted octanol–water partition coefficient (Wildman–Crippen LogP) is 5.37. The molecule has 1 atom stereocenters. The molecule has 1 aromatic carbocycles. The maximum atomic E-state index is 3.65. The molecule has 2 aromatic rings. The van der Waals surface area contributed by atoms with Gasteiger partial charge < -0.3 is 5.32 Å². The first-order valence-electron chi connectivity index (χ1n) is 8.18. The summed E-state index contributed by atoms with van der Waals surface area (Å²) in [7, 11) is 0. The van der Waals surface area contributed by atoms with Crippen LogP contribution in [-0.4, -0.2) is 6.54 Å². The molecule has 1 heterocycles. The van der Waals surface area contributed by atoms with Gasteiger partial charge in [-0.15, -0.1) is 11.3 Å². The van der Waals surface area contributed by atoms with Crippen LogP contribution < -0.4 is 5.32 Å². The summed E-state index contributed by atoms with van der Waals surface area (Å²) in [5.41, 5.74) is 2.92. The zero-order valence-electron chi connectivity index (χ0n) is 13.3. The van der Waals surface area contributed by atoms with Gasteiger partial charge in [-0.05, 0) is 54.8 Å². The molecule has 0 spiro atoms. The summed E-state index contributed by atoms with van der Waals surface area (Å²) in [4.78, 5) is 1.50. The zero-order chi connectivity index (χ0) is 14.9.